The molecule has 0 aliphatic carbocycles. The molecule has 0 saturated heterocycles. The number of pyridine rings is 1. The third-order valence-corrected chi connectivity index (χ3v) is 1.92. The molecule has 2 aromatic rings. The van der Waals surface area contributed by atoms with E-state index in [1.165, 1.54) is 0 Å². The smallest absolute Gasteiger partial charge is 0.246 e. The molecule has 0 saturated carbocycles. The van der Waals surface area contributed by atoms with E-state index in [0.717, 1.165) is 0 Å². The van der Waals surface area contributed by atoms with Crippen LogP contribution in [-0.2, 0) is 7.05 Å². The lowest BCUT2D eigenvalue weighted by atomic mass is 10.2. The monoisotopic (exact) mass is 187 g/mol. The summed E-state index contributed by atoms with van der Waals surface area (Å²) < 4.78 is 1.68. The Bertz CT molecular complexity index is 447. The van der Waals surface area contributed by atoms with Crippen molar-refractivity contribution in [3.63, 3.8) is 0 Å². The van der Waals surface area contributed by atoms with Crippen molar-refractivity contribution >= 4 is 5.78 Å². The number of ketones is 1. The number of carbonyl (C=O) groups is 1. The molecule has 0 bridgehead atoms. The number of aryl methyl sites for hydroxylation is 1. The van der Waals surface area contributed by atoms with Gasteiger partial charge in [0.15, 0.2) is 5.82 Å². The molecule has 0 atom stereocenters. The number of carbonyl (C=O) groups excluding carboxylic acids is 1. The fraction of sp³-hybridized carbons (Fsp3) is 0.100. The summed E-state index contributed by atoms with van der Waals surface area (Å²) in [6.45, 7) is 0. The van der Waals surface area contributed by atoms with E-state index in [0.29, 0.717) is 11.5 Å². The molecule has 0 aliphatic rings. The third-order valence-electron chi connectivity index (χ3n) is 1.92. The summed E-state index contributed by atoms with van der Waals surface area (Å²) in [5, 5.41) is 0. The number of hydrogen-bond acceptors (Lipinski definition) is 3. The van der Waals surface area contributed by atoms with Crippen LogP contribution in [0.5, 0.6) is 0 Å². The van der Waals surface area contributed by atoms with Crippen molar-refractivity contribution < 1.29 is 4.79 Å². The van der Waals surface area contributed by atoms with Crippen molar-refractivity contribution in [1.29, 1.82) is 0 Å². The first-order valence-corrected chi connectivity index (χ1v) is 4.22. The third kappa shape index (κ3) is 1.42. The second kappa shape index (κ2) is 3.41. The highest BCUT2D eigenvalue weighted by atomic mass is 16.1. The zero-order chi connectivity index (χ0) is 9.97. The van der Waals surface area contributed by atoms with Gasteiger partial charge in [-0.05, 0) is 12.1 Å². The first-order chi connectivity index (χ1) is 6.79. The minimum atomic E-state index is -0.155. The molecule has 0 aliphatic heterocycles. The zero-order valence-corrected chi connectivity index (χ0v) is 7.71. The summed E-state index contributed by atoms with van der Waals surface area (Å²) in [6.07, 6.45) is 4.92. The van der Waals surface area contributed by atoms with Crippen LogP contribution in [0.15, 0.2) is 36.8 Å². The minimum Gasteiger partial charge on any atom is -0.331 e. The van der Waals surface area contributed by atoms with Gasteiger partial charge in [-0.15, -0.1) is 0 Å². The summed E-state index contributed by atoms with van der Waals surface area (Å²) in [5.74, 6) is 0.252. The van der Waals surface area contributed by atoms with Crippen LogP contribution in [0.3, 0.4) is 0 Å². The molecule has 2 rings (SSSR count). The molecular weight excluding hydrogens is 178 g/mol. The van der Waals surface area contributed by atoms with Crippen LogP contribution in [0.1, 0.15) is 16.3 Å². The molecule has 0 N–H and O–H groups in total. The first kappa shape index (κ1) is 8.62. The average molecular weight is 187 g/mol. The Morgan fingerprint density at radius 3 is 2.71 bits per heavy atom. The second-order valence-corrected chi connectivity index (χ2v) is 2.91. The maximum Gasteiger partial charge on any atom is 0.246 e. The maximum atomic E-state index is 11.8. The Balaban J connectivity index is 2.39. The number of rotatable bonds is 2. The van der Waals surface area contributed by atoms with Crippen molar-refractivity contribution in [1.82, 2.24) is 14.5 Å². The van der Waals surface area contributed by atoms with Gasteiger partial charge in [-0.25, -0.2) is 4.98 Å². The summed E-state index contributed by atoms with van der Waals surface area (Å²) >= 11 is 0. The van der Waals surface area contributed by atoms with E-state index in [-0.39, 0.29) is 5.78 Å². The Labute approximate surface area is 81.2 Å². The van der Waals surface area contributed by atoms with Crippen LogP contribution < -0.4 is 0 Å². The molecule has 0 spiro atoms. The summed E-state index contributed by atoms with van der Waals surface area (Å²) in [4.78, 5) is 19.7. The normalized spacial score (nSPS) is 10.1. The van der Waals surface area contributed by atoms with Crippen molar-refractivity contribution in [3.05, 3.63) is 48.3 Å². The van der Waals surface area contributed by atoms with Gasteiger partial charge in [0.05, 0.1) is 0 Å². The summed E-state index contributed by atoms with van der Waals surface area (Å²) in [6, 6.07) is 5.23. The molecule has 70 valence electrons. The van der Waals surface area contributed by atoms with Crippen molar-refractivity contribution in [3.8, 4) is 0 Å². The van der Waals surface area contributed by atoms with E-state index in [1.54, 1.807) is 48.4 Å². The molecule has 4 heteroatoms. The van der Waals surface area contributed by atoms with Gasteiger partial charge in [0.2, 0.25) is 5.78 Å². The van der Waals surface area contributed by atoms with Gasteiger partial charge < -0.3 is 4.57 Å². The highest BCUT2D eigenvalue weighted by Crippen LogP contribution is 2.03. The lowest BCUT2D eigenvalue weighted by molar-refractivity contribution is 0.102. The Hall–Kier alpha value is -1.97. The molecule has 2 heterocycles. The second-order valence-electron chi connectivity index (χ2n) is 2.91. The molecule has 0 aromatic carbocycles. The van der Waals surface area contributed by atoms with Crippen LogP contribution in [-0.4, -0.2) is 20.3 Å². The van der Waals surface area contributed by atoms with Gasteiger partial charge in [-0.1, -0.05) is 6.07 Å². The molecule has 0 unspecified atom stereocenters. The highest BCUT2D eigenvalue weighted by molar-refractivity contribution is 6.05. The first-order valence-electron chi connectivity index (χ1n) is 4.22. The minimum absolute atomic E-state index is 0.155. The van der Waals surface area contributed by atoms with Gasteiger partial charge in [-0.3, -0.25) is 9.78 Å². The van der Waals surface area contributed by atoms with Gasteiger partial charge in [0, 0.05) is 25.6 Å². The SMILES string of the molecule is Cn1ccnc1C(=O)c1ccccn1. The molecule has 14 heavy (non-hydrogen) atoms. The van der Waals surface area contributed by atoms with Gasteiger partial charge in [0.25, 0.3) is 0 Å². The van der Waals surface area contributed by atoms with E-state index in [2.05, 4.69) is 9.97 Å². The van der Waals surface area contributed by atoms with Crippen LogP contribution in [0.4, 0.5) is 0 Å². The Kier molecular flexibility index (Phi) is 2.10. The van der Waals surface area contributed by atoms with E-state index < -0.39 is 0 Å². The van der Waals surface area contributed by atoms with Crippen LogP contribution in [0.25, 0.3) is 0 Å². The standard InChI is InChI=1S/C10H9N3O/c1-13-7-6-12-10(13)9(14)8-4-2-3-5-11-8/h2-7H,1H3. The van der Waals surface area contributed by atoms with Gasteiger partial charge in [0.1, 0.15) is 5.69 Å². The topological polar surface area (TPSA) is 47.8 Å². The summed E-state index contributed by atoms with van der Waals surface area (Å²) in [5.41, 5.74) is 0.418. The van der Waals surface area contributed by atoms with Crippen LogP contribution in [0.2, 0.25) is 0 Å². The highest BCUT2D eigenvalue weighted by Gasteiger charge is 2.13. The number of hydrogen-bond donors (Lipinski definition) is 0. The fourth-order valence-electron chi connectivity index (χ4n) is 1.20. The Morgan fingerprint density at radius 1 is 1.29 bits per heavy atom. The number of imidazole rings is 1. The predicted molar refractivity (Wildman–Crippen MR) is 50.9 cm³/mol. The van der Waals surface area contributed by atoms with Crippen LogP contribution >= 0.6 is 0 Å². The lowest BCUT2D eigenvalue weighted by Crippen LogP contribution is -2.09. The molecular formula is C10H9N3O. The molecule has 0 radical (unpaired) electrons. The number of nitrogens with zero attached hydrogens (tertiary/aromatic N) is 3. The Morgan fingerprint density at radius 2 is 2.14 bits per heavy atom. The van der Waals surface area contributed by atoms with Crippen molar-refractivity contribution in [2.75, 3.05) is 0 Å². The van der Waals surface area contributed by atoms with E-state index >= 15 is 0 Å². The molecule has 0 amide bonds. The largest absolute Gasteiger partial charge is 0.331 e. The zero-order valence-electron chi connectivity index (χ0n) is 7.71. The average Bonchev–Trinajstić information content (AvgIpc) is 2.65. The van der Waals surface area contributed by atoms with Gasteiger partial charge in [-0.2, -0.15) is 0 Å². The molecule has 4 nitrogen and oxygen atoms in total. The van der Waals surface area contributed by atoms with Gasteiger partial charge >= 0.3 is 0 Å². The van der Waals surface area contributed by atoms with E-state index in [4.69, 9.17) is 0 Å². The lowest BCUT2D eigenvalue weighted by Gasteiger charge is -1.99. The maximum absolute atomic E-state index is 11.8. The van der Waals surface area contributed by atoms with Crippen molar-refractivity contribution in [2.45, 2.75) is 0 Å². The van der Waals surface area contributed by atoms with Crippen molar-refractivity contribution in [2.24, 2.45) is 7.05 Å². The van der Waals surface area contributed by atoms with E-state index in [9.17, 15) is 4.79 Å². The fourth-order valence-corrected chi connectivity index (χ4v) is 1.20. The summed E-state index contributed by atoms with van der Waals surface area (Å²) in [7, 11) is 1.78. The predicted octanol–water partition coefficient (Wildman–Crippen LogP) is 1.05. The quantitative estimate of drug-likeness (QED) is 0.660. The molecule has 2 aromatic heterocycles. The molecule has 0 fully saturated rings. The van der Waals surface area contributed by atoms with Crippen LogP contribution in [0, 0.1) is 0 Å². The van der Waals surface area contributed by atoms with E-state index in [1.807, 2.05) is 0 Å². The number of aromatic nitrogens is 3.